The Morgan fingerprint density at radius 3 is 2.77 bits per heavy atom. The molecule has 0 unspecified atom stereocenters. The molecule has 0 fully saturated rings. The molecule has 2 aromatic rings. The van der Waals surface area contributed by atoms with Gasteiger partial charge in [0.05, 0.1) is 6.42 Å². The average molecular weight is 414 g/mol. The lowest BCUT2D eigenvalue weighted by atomic mass is 10.1. The number of nitrogens with zero attached hydrogens (tertiary/aromatic N) is 1. The number of ketones is 1. The molecule has 1 amide bonds. The van der Waals surface area contributed by atoms with Crippen LogP contribution in [0.3, 0.4) is 0 Å². The summed E-state index contributed by atoms with van der Waals surface area (Å²) >= 11 is 3.39. The Bertz CT molecular complexity index is 920. The first-order valence-corrected chi connectivity index (χ1v) is 8.77. The molecule has 0 saturated heterocycles. The first-order valence-electron chi connectivity index (χ1n) is 7.98. The Labute approximate surface area is 159 Å². The average Bonchev–Trinajstić information content (AvgIpc) is 2.92. The Hall–Kier alpha value is -2.73. The SMILES string of the molecule is CN1C(=O)Cc2cc(C(=O)COC(=O)/C=C/c3ccccc3Br)ccc21. The van der Waals surface area contributed by atoms with Gasteiger partial charge < -0.3 is 9.64 Å². The number of rotatable bonds is 5. The van der Waals surface area contributed by atoms with Gasteiger partial charge in [0.25, 0.3) is 0 Å². The van der Waals surface area contributed by atoms with Crippen LogP contribution in [0.4, 0.5) is 5.69 Å². The molecular formula is C20H16BrNO4. The van der Waals surface area contributed by atoms with Crippen LogP contribution in [-0.2, 0) is 20.7 Å². The summed E-state index contributed by atoms with van der Waals surface area (Å²) < 4.78 is 5.87. The molecule has 5 nitrogen and oxygen atoms in total. The summed E-state index contributed by atoms with van der Waals surface area (Å²) in [4.78, 5) is 37.3. The summed E-state index contributed by atoms with van der Waals surface area (Å²) in [7, 11) is 1.70. The number of Topliss-reactive ketones (excluding diaryl/α,β-unsaturated/α-hetero) is 1. The second kappa shape index (κ2) is 7.66. The molecule has 6 heteroatoms. The monoisotopic (exact) mass is 413 g/mol. The second-order valence-electron chi connectivity index (χ2n) is 5.86. The van der Waals surface area contributed by atoms with Gasteiger partial charge in [0.15, 0.2) is 12.4 Å². The normalized spacial score (nSPS) is 13.2. The van der Waals surface area contributed by atoms with Gasteiger partial charge in [-0.25, -0.2) is 4.79 Å². The number of ether oxygens (including phenoxy) is 1. The van der Waals surface area contributed by atoms with E-state index in [0.29, 0.717) is 5.56 Å². The van der Waals surface area contributed by atoms with Crippen molar-refractivity contribution in [3.05, 3.63) is 69.7 Å². The first kappa shape index (κ1) is 18.1. The number of carbonyl (C=O) groups is 3. The molecule has 0 aliphatic carbocycles. The molecule has 0 spiro atoms. The van der Waals surface area contributed by atoms with Crippen molar-refractivity contribution in [1.29, 1.82) is 0 Å². The summed E-state index contributed by atoms with van der Waals surface area (Å²) in [6.07, 6.45) is 3.18. The van der Waals surface area contributed by atoms with E-state index in [2.05, 4.69) is 15.9 Å². The predicted octanol–water partition coefficient (Wildman–Crippen LogP) is 3.41. The van der Waals surface area contributed by atoms with Crippen molar-refractivity contribution in [1.82, 2.24) is 0 Å². The predicted molar refractivity (Wildman–Crippen MR) is 102 cm³/mol. The third-order valence-corrected chi connectivity index (χ3v) is 4.85. The van der Waals surface area contributed by atoms with E-state index in [1.165, 1.54) is 6.08 Å². The maximum Gasteiger partial charge on any atom is 0.331 e. The summed E-state index contributed by atoms with van der Waals surface area (Å²) in [5, 5.41) is 0. The van der Waals surface area contributed by atoms with Crippen molar-refractivity contribution in [3.63, 3.8) is 0 Å². The number of benzene rings is 2. The van der Waals surface area contributed by atoms with E-state index in [1.54, 1.807) is 36.2 Å². The van der Waals surface area contributed by atoms with Crippen LogP contribution in [0.5, 0.6) is 0 Å². The van der Waals surface area contributed by atoms with Crippen molar-refractivity contribution < 1.29 is 19.1 Å². The topological polar surface area (TPSA) is 63.7 Å². The molecule has 0 bridgehead atoms. The molecule has 0 aromatic heterocycles. The van der Waals surface area contributed by atoms with Crippen LogP contribution in [0, 0.1) is 0 Å². The molecule has 3 rings (SSSR count). The Balaban J connectivity index is 1.59. The van der Waals surface area contributed by atoms with E-state index >= 15 is 0 Å². The Morgan fingerprint density at radius 1 is 1.23 bits per heavy atom. The molecule has 1 heterocycles. The van der Waals surface area contributed by atoms with Crippen LogP contribution in [-0.4, -0.2) is 31.3 Å². The number of carbonyl (C=O) groups excluding carboxylic acids is 3. The Kier molecular flexibility index (Phi) is 5.32. The van der Waals surface area contributed by atoms with Gasteiger partial charge in [-0.2, -0.15) is 0 Å². The summed E-state index contributed by atoms with van der Waals surface area (Å²) in [5.41, 5.74) is 2.88. The summed E-state index contributed by atoms with van der Waals surface area (Å²) in [5.74, 6) is -0.907. The quantitative estimate of drug-likeness (QED) is 0.428. The molecule has 0 saturated carbocycles. The number of hydrogen-bond donors (Lipinski definition) is 0. The lowest BCUT2D eigenvalue weighted by Crippen LogP contribution is -2.20. The zero-order valence-corrected chi connectivity index (χ0v) is 15.7. The summed E-state index contributed by atoms with van der Waals surface area (Å²) in [6, 6.07) is 12.5. The molecule has 2 aromatic carbocycles. The maximum atomic E-state index is 12.2. The fourth-order valence-electron chi connectivity index (χ4n) is 2.68. The number of amides is 1. The van der Waals surface area contributed by atoms with Crippen LogP contribution < -0.4 is 4.90 Å². The number of fused-ring (bicyclic) bond motifs is 1. The second-order valence-corrected chi connectivity index (χ2v) is 6.71. The number of hydrogen-bond acceptors (Lipinski definition) is 4. The molecule has 26 heavy (non-hydrogen) atoms. The van der Waals surface area contributed by atoms with E-state index in [0.717, 1.165) is 21.3 Å². The van der Waals surface area contributed by atoms with Gasteiger partial charge in [-0.15, -0.1) is 0 Å². The van der Waals surface area contributed by atoms with Crippen LogP contribution >= 0.6 is 15.9 Å². The fourth-order valence-corrected chi connectivity index (χ4v) is 3.10. The number of anilines is 1. The number of likely N-dealkylation sites (N-methyl/N-ethyl adjacent to an activating group) is 1. The fraction of sp³-hybridized carbons (Fsp3) is 0.150. The molecule has 132 valence electrons. The van der Waals surface area contributed by atoms with Gasteiger partial charge in [-0.3, -0.25) is 9.59 Å². The van der Waals surface area contributed by atoms with E-state index in [4.69, 9.17) is 4.74 Å². The minimum absolute atomic E-state index is 0.00626. The molecule has 1 aliphatic rings. The zero-order valence-electron chi connectivity index (χ0n) is 14.1. The van der Waals surface area contributed by atoms with Gasteiger partial charge in [0, 0.05) is 28.8 Å². The van der Waals surface area contributed by atoms with E-state index in [9.17, 15) is 14.4 Å². The molecule has 0 radical (unpaired) electrons. The molecule has 1 aliphatic heterocycles. The molecule has 0 N–H and O–H groups in total. The lowest BCUT2D eigenvalue weighted by Gasteiger charge is -2.10. The third-order valence-electron chi connectivity index (χ3n) is 4.13. The van der Waals surface area contributed by atoms with Gasteiger partial charge in [0.1, 0.15) is 0 Å². The van der Waals surface area contributed by atoms with Crippen LogP contribution in [0.2, 0.25) is 0 Å². The minimum Gasteiger partial charge on any atom is -0.454 e. The first-order chi connectivity index (χ1) is 12.5. The minimum atomic E-state index is -0.592. The van der Waals surface area contributed by atoms with Crippen molar-refractivity contribution >= 4 is 45.4 Å². The summed E-state index contributed by atoms with van der Waals surface area (Å²) in [6.45, 7) is -0.346. The number of esters is 1. The molecule has 0 atom stereocenters. The third kappa shape index (κ3) is 3.91. The van der Waals surface area contributed by atoms with Crippen molar-refractivity contribution in [2.75, 3.05) is 18.6 Å². The van der Waals surface area contributed by atoms with Crippen LogP contribution in [0.1, 0.15) is 21.5 Å². The van der Waals surface area contributed by atoms with Gasteiger partial charge in [-0.05, 0) is 41.5 Å². The van der Waals surface area contributed by atoms with E-state index < -0.39 is 5.97 Å². The largest absolute Gasteiger partial charge is 0.454 e. The smallest absolute Gasteiger partial charge is 0.331 e. The highest BCUT2D eigenvalue weighted by Gasteiger charge is 2.24. The van der Waals surface area contributed by atoms with Gasteiger partial charge in [0.2, 0.25) is 5.91 Å². The highest BCUT2D eigenvalue weighted by atomic mass is 79.9. The van der Waals surface area contributed by atoms with Crippen molar-refractivity contribution in [2.24, 2.45) is 0 Å². The van der Waals surface area contributed by atoms with Crippen molar-refractivity contribution in [2.45, 2.75) is 6.42 Å². The van der Waals surface area contributed by atoms with E-state index in [-0.39, 0.29) is 24.7 Å². The van der Waals surface area contributed by atoms with E-state index in [1.807, 2.05) is 24.3 Å². The maximum absolute atomic E-state index is 12.2. The van der Waals surface area contributed by atoms with Gasteiger partial charge in [-0.1, -0.05) is 34.1 Å². The Morgan fingerprint density at radius 2 is 2.00 bits per heavy atom. The highest BCUT2D eigenvalue weighted by Crippen LogP contribution is 2.28. The standard InChI is InChI=1S/C20H16BrNO4/c1-22-17-8-6-14(10-15(17)11-19(22)24)18(23)12-26-20(25)9-7-13-4-2-3-5-16(13)21/h2-10H,11-12H2,1H3/b9-7+. The van der Waals surface area contributed by atoms with Crippen LogP contribution in [0.15, 0.2) is 53.0 Å². The van der Waals surface area contributed by atoms with Gasteiger partial charge >= 0.3 is 5.97 Å². The van der Waals surface area contributed by atoms with Crippen LogP contribution in [0.25, 0.3) is 6.08 Å². The zero-order chi connectivity index (χ0) is 18.7. The van der Waals surface area contributed by atoms with Crippen molar-refractivity contribution in [3.8, 4) is 0 Å². The highest BCUT2D eigenvalue weighted by molar-refractivity contribution is 9.10. The number of halogens is 1. The lowest BCUT2D eigenvalue weighted by molar-refractivity contribution is -0.136. The molecular weight excluding hydrogens is 398 g/mol.